The number of allylic oxidation sites excluding steroid dienone is 1. The highest BCUT2D eigenvalue weighted by atomic mass is 19.4. The molecule has 0 saturated carbocycles. The van der Waals surface area contributed by atoms with Crippen molar-refractivity contribution in [1.82, 2.24) is 0 Å². The average molecular weight is 367 g/mol. The number of para-hydroxylation sites is 2. The second-order valence-corrected chi connectivity index (χ2v) is 5.78. The van der Waals surface area contributed by atoms with Crippen molar-refractivity contribution >= 4 is 22.7 Å². The molecule has 136 valence electrons. The molecule has 0 saturated heterocycles. The Hall–Kier alpha value is -3.34. The van der Waals surface area contributed by atoms with E-state index in [-0.39, 0.29) is 5.56 Å². The minimum absolute atomic E-state index is 0.205. The van der Waals surface area contributed by atoms with Crippen LogP contribution in [0.4, 0.5) is 24.5 Å². The van der Waals surface area contributed by atoms with Gasteiger partial charge in [-0.1, -0.05) is 66.7 Å². The zero-order valence-electron chi connectivity index (χ0n) is 14.2. The minimum atomic E-state index is -4.97. The Morgan fingerprint density at radius 3 is 1.52 bits per heavy atom. The molecule has 0 aliphatic rings. The molecule has 0 amide bonds. The van der Waals surface area contributed by atoms with E-state index in [0.717, 1.165) is 0 Å². The van der Waals surface area contributed by atoms with E-state index >= 15 is 0 Å². The predicted octanol–water partition coefficient (Wildman–Crippen LogP) is 6.00. The van der Waals surface area contributed by atoms with E-state index in [9.17, 15) is 18.0 Å². The number of alkyl halides is 3. The van der Waals surface area contributed by atoms with Crippen molar-refractivity contribution in [2.24, 2.45) is 0 Å². The molecule has 0 spiro atoms. The molecule has 3 aromatic carbocycles. The van der Waals surface area contributed by atoms with Crippen LogP contribution in [0, 0.1) is 0 Å². The Kier molecular flexibility index (Phi) is 5.41. The Balaban J connectivity index is 2.18. The molecule has 3 aromatic rings. The van der Waals surface area contributed by atoms with Gasteiger partial charge in [-0.25, -0.2) is 0 Å². The molecule has 27 heavy (non-hydrogen) atoms. The lowest BCUT2D eigenvalue weighted by molar-refractivity contribution is -0.164. The Morgan fingerprint density at radius 2 is 1.11 bits per heavy atom. The van der Waals surface area contributed by atoms with Crippen LogP contribution in [0.25, 0.3) is 5.57 Å². The van der Waals surface area contributed by atoms with E-state index < -0.39 is 17.5 Å². The summed E-state index contributed by atoms with van der Waals surface area (Å²) in [4.78, 5) is 13.7. The summed E-state index contributed by atoms with van der Waals surface area (Å²) in [7, 11) is 0. The molecule has 0 atom stereocenters. The number of benzene rings is 3. The number of halogens is 3. The lowest BCUT2D eigenvalue weighted by Crippen LogP contribution is -2.25. The van der Waals surface area contributed by atoms with Crippen molar-refractivity contribution in [2.75, 3.05) is 4.90 Å². The van der Waals surface area contributed by atoms with Crippen LogP contribution in [0.2, 0.25) is 0 Å². The summed E-state index contributed by atoms with van der Waals surface area (Å²) in [6.45, 7) is 0. The highest BCUT2D eigenvalue weighted by Gasteiger charge is 2.41. The van der Waals surface area contributed by atoms with E-state index in [1.54, 1.807) is 71.6 Å². The molecule has 0 aromatic heterocycles. The van der Waals surface area contributed by atoms with Gasteiger partial charge in [0.05, 0.1) is 5.57 Å². The van der Waals surface area contributed by atoms with Crippen molar-refractivity contribution in [3.05, 3.63) is 103 Å². The van der Waals surface area contributed by atoms with Crippen LogP contribution in [-0.2, 0) is 4.79 Å². The Labute approximate surface area is 155 Å². The van der Waals surface area contributed by atoms with E-state index in [4.69, 9.17) is 0 Å². The summed E-state index contributed by atoms with van der Waals surface area (Å²) in [5.41, 5.74) is 1.08. The van der Waals surface area contributed by atoms with Gasteiger partial charge in [-0.15, -0.1) is 0 Å². The third kappa shape index (κ3) is 4.44. The number of anilines is 2. The van der Waals surface area contributed by atoms with Gasteiger partial charge in [-0.05, 0) is 29.8 Å². The molecule has 0 heterocycles. The standard InChI is InChI=1S/C22H16F3NO/c23-22(24,25)21(27)20(17-10-4-1-5-11-17)16-26(18-12-6-2-7-13-18)19-14-8-3-9-15-19/h1-16H/b20-16+. The molecule has 0 fully saturated rings. The number of Topliss-reactive ketones (excluding diaryl/α,β-unsaturated/α-hetero) is 1. The Bertz CT molecular complexity index is 881. The molecule has 0 N–H and O–H groups in total. The van der Waals surface area contributed by atoms with Crippen LogP contribution in [-0.4, -0.2) is 12.0 Å². The largest absolute Gasteiger partial charge is 0.454 e. The monoisotopic (exact) mass is 367 g/mol. The van der Waals surface area contributed by atoms with Gasteiger partial charge in [0, 0.05) is 17.6 Å². The minimum Gasteiger partial charge on any atom is -0.316 e. The van der Waals surface area contributed by atoms with Gasteiger partial charge in [0.25, 0.3) is 5.78 Å². The second-order valence-electron chi connectivity index (χ2n) is 5.78. The molecule has 2 nitrogen and oxygen atoms in total. The van der Waals surface area contributed by atoms with Gasteiger partial charge in [0.1, 0.15) is 0 Å². The highest BCUT2D eigenvalue weighted by molar-refractivity contribution is 6.23. The molecule has 0 radical (unpaired) electrons. The molecule has 5 heteroatoms. The first-order valence-electron chi connectivity index (χ1n) is 8.25. The van der Waals surface area contributed by atoms with Crippen molar-refractivity contribution in [1.29, 1.82) is 0 Å². The quantitative estimate of drug-likeness (QED) is 0.516. The van der Waals surface area contributed by atoms with Crippen molar-refractivity contribution in [3.8, 4) is 0 Å². The number of nitrogens with zero attached hydrogens (tertiary/aromatic N) is 1. The van der Waals surface area contributed by atoms with Crippen LogP contribution in [0.3, 0.4) is 0 Å². The maximum absolute atomic E-state index is 13.2. The van der Waals surface area contributed by atoms with Crippen molar-refractivity contribution < 1.29 is 18.0 Å². The summed E-state index contributed by atoms with van der Waals surface area (Å²) in [6, 6.07) is 25.7. The number of ketones is 1. The second kappa shape index (κ2) is 7.91. The summed E-state index contributed by atoms with van der Waals surface area (Å²) >= 11 is 0. The summed E-state index contributed by atoms with van der Waals surface area (Å²) in [6.07, 6.45) is -3.73. The third-order valence-electron chi connectivity index (χ3n) is 3.91. The van der Waals surface area contributed by atoms with E-state index in [1.165, 1.54) is 18.3 Å². The fourth-order valence-electron chi connectivity index (χ4n) is 2.64. The fraction of sp³-hybridized carbons (Fsp3) is 0.0455. The first-order chi connectivity index (χ1) is 13.0. The zero-order valence-corrected chi connectivity index (χ0v) is 14.2. The Morgan fingerprint density at radius 1 is 0.704 bits per heavy atom. The number of rotatable bonds is 5. The predicted molar refractivity (Wildman–Crippen MR) is 101 cm³/mol. The van der Waals surface area contributed by atoms with Crippen LogP contribution in [0.5, 0.6) is 0 Å². The van der Waals surface area contributed by atoms with E-state index in [0.29, 0.717) is 11.4 Å². The molecule has 3 rings (SSSR count). The van der Waals surface area contributed by atoms with Gasteiger partial charge in [0.2, 0.25) is 0 Å². The topological polar surface area (TPSA) is 20.3 Å². The number of carbonyl (C=O) groups is 1. The summed E-state index contributed by atoms with van der Waals surface area (Å²) in [5, 5.41) is 0. The maximum atomic E-state index is 13.2. The zero-order chi connectivity index (χ0) is 19.3. The number of hydrogen-bond donors (Lipinski definition) is 0. The van der Waals surface area contributed by atoms with Gasteiger partial charge in [0.15, 0.2) is 0 Å². The van der Waals surface area contributed by atoms with Crippen LogP contribution >= 0.6 is 0 Å². The van der Waals surface area contributed by atoms with Crippen molar-refractivity contribution in [2.45, 2.75) is 6.18 Å². The first-order valence-corrected chi connectivity index (χ1v) is 8.25. The molecule has 0 bridgehead atoms. The normalized spacial score (nSPS) is 11.9. The summed E-state index contributed by atoms with van der Waals surface area (Å²) < 4.78 is 39.7. The van der Waals surface area contributed by atoms with Crippen LogP contribution < -0.4 is 4.90 Å². The van der Waals surface area contributed by atoms with Crippen LogP contribution in [0.1, 0.15) is 5.56 Å². The van der Waals surface area contributed by atoms with Gasteiger partial charge >= 0.3 is 6.18 Å². The third-order valence-corrected chi connectivity index (χ3v) is 3.91. The SMILES string of the molecule is O=C(/C(=C/N(c1ccccc1)c1ccccc1)c1ccccc1)C(F)(F)F. The maximum Gasteiger partial charge on any atom is 0.454 e. The van der Waals surface area contributed by atoms with E-state index in [1.807, 2.05) is 12.1 Å². The molecule has 0 unspecified atom stereocenters. The van der Waals surface area contributed by atoms with Crippen molar-refractivity contribution in [3.63, 3.8) is 0 Å². The molecular weight excluding hydrogens is 351 g/mol. The van der Waals surface area contributed by atoms with Gasteiger partial charge in [-0.3, -0.25) is 4.79 Å². The lowest BCUT2D eigenvalue weighted by atomic mass is 10.0. The molecule has 0 aliphatic heterocycles. The lowest BCUT2D eigenvalue weighted by Gasteiger charge is -2.23. The molecule has 0 aliphatic carbocycles. The smallest absolute Gasteiger partial charge is 0.316 e. The van der Waals surface area contributed by atoms with Gasteiger partial charge in [-0.2, -0.15) is 13.2 Å². The fourth-order valence-corrected chi connectivity index (χ4v) is 2.64. The number of carbonyl (C=O) groups excluding carboxylic acids is 1. The first kappa shape index (κ1) is 18.5. The van der Waals surface area contributed by atoms with Gasteiger partial charge < -0.3 is 4.90 Å². The average Bonchev–Trinajstić information content (AvgIpc) is 2.70. The van der Waals surface area contributed by atoms with E-state index in [2.05, 4.69) is 0 Å². The summed E-state index contributed by atoms with van der Waals surface area (Å²) in [5.74, 6) is -1.88. The number of hydrogen-bond acceptors (Lipinski definition) is 2. The highest BCUT2D eigenvalue weighted by Crippen LogP contribution is 2.32. The van der Waals surface area contributed by atoms with Crippen LogP contribution in [0.15, 0.2) is 97.2 Å². The molecular formula is C22H16F3NO.